The van der Waals surface area contributed by atoms with Gasteiger partial charge in [-0.2, -0.15) is 5.10 Å². The van der Waals surface area contributed by atoms with Crippen LogP contribution in [-0.2, 0) is 0 Å². The highest BCUT2D eigenvalue weighted by Crippen LogP contribution is 2.30. The van der Waals surface area contributed by atoms with E-state index in [1.165, 1.54) is 0 Å². The number of para-hydroxylation sites is 1. The van der Waals surface area contributed by atoms with Crippen LogP contribution < -0.4 is 10.2 Å². The Morgan fingerprint density at radius 3 is 2.71 bits per heavy atom. The van der Waals surface area contributed by atoms with E-state index < -0.39 is 0 Å². The fourth-order valence-electron chi connectivity index (χ4n) is 2.17. The van der Waals surface area contributed by atoms with Crippen LogP contribution in [0.1, 0.15) is 25.0 Å². The Balaban J connectivity index is 1.73. The molecule has 0 saturated carbocycles. The van der Waals surface area contributed by atoms with Crippen LogP contribution in [0.3, 0.4) is 0 Å². The monoisotopic (exact) mass is 278 g/mol. The van der Waals surface area contributed by atoms with Gasteiger partial charge in [-0.3, -0.25) is 5.43 Å². The summed E-state index contributed by atoms with van der Waals surface area (Å²) in [7, 11) is 0. The van der Waals surface area contributed by atoms with Crippen LogP contribution in [0.5, 0.6) is 5.75 Å². The number of hydrazone groups is 1. The average Bonchev–Trinajstić information content (AvgIpc) is 2.48. The predicted molar refractivity (Wildman–Crippen MR) is 87.8 cm³/mol. The number of hydrogen-bond acceptors (Lipinski definition) is 3. The zero-order chi connectivity index (χ0) is 14.7. The highest BCUT2D eigenvalue weighted by atomic mass is 16.5. The molecule has 0 radical (unpaired) electrons. The molecule has 0 amide bonds. The van der Waals surface area contributed by atoms with Gasteiger partial charge in [-0.05, 0) is 55.8 Å². The maximum atomic E-state index is 5.90. The molecule has 106 valence electrons. The quantitative estimate of drug-likeness (QED) is 0.670. The molecule has 1 N–H and O–H groups in total. The molecular formula is C18H18N2O. The third kappa shape index (κ3) is 3.31. The summed E-state index contributed by atoms with van der Waals surface area (Å²) in [5.74, 6) is 0.913. The lowest BCUT2D eigenvalue weighted by Crippen LogP contribution is -2.27. The highest BCUT2D eigenvalue weighted by molar-refractivity contribution is 5.82. The van der Waals surface area contributed by atoms with Gasteiger partial charge in [-0.15, -0.1) is 0 Å². The standard InChI is InChI=1S/C18H18N2O/c1-18(2)11-10-15-12-14(8-9-17(15)21-18)13-19-20-16-6-4-3-5-7-16/h3-13,20H,1-2H3. The van der Waals surface area contributed by atoms with E-state index in [-0.39, 0.29) is 5.60 Å². The van der Waals surface area contributed by atoms with E-state index in [4.69, 9.17) is 4.74 Å². The Morgan fingerprint density at radius 1 is 1.10 bits per heavy atom. The molecule has 0 bridgehead atoms. The third-order valence-corrected chi connectivity index (χ3v) is 3.25. The fourth-order valence-corrected chi connectivity index (χ4v) is 2.17. The van der Waals surface area contributed by atoms with Crippen molar-refractivity contribution in [2.75, 3.05) is 5.43 Å². The first-order chi connectivity index (χ1) is 10.1. The Kier molecular flexibility index (Phi) is 3.48. The van der Waals surface area contributed by atoms with Crippen LogP contribution in [-0.4, -0.2) is 11.8 Å². The van der Waals surface area contributed by atoms with Crippen LogP contribution in [0.2, 0.25) is 0 Å². The number of benzene rings is 2. The molecule has 21 heavy (non-hydrogen) atoms. The second kappa shape index (κ2) is 5.44. The zero-order valence-electron chi connectivity index (χ0n) is 12.2. The number of hydrogen-bond donors (Lipinski definition) is 1. The number of rotatable bonds is 3. The molecule has 0 aliphatic carbocycles. The van der Waals surface area contributed by atoms with Crippen molar-refractivity contribution >= 4 is 18.0 Å². The molecule has 0 saturated heterocycles. The predicted octanol–water partition coefficient (Wildman–Crippen LogP) is 4.32. The summed E-state index contributed by atoms with van der Waals surface area (Å²) < 4.78 is 5.90. The summed E-state index contributed by atoms with van der Waals surface area (Å²) >= 11 is 0. The summed E-state index contributed by atoms with van der Waals surface area (Å²) in [6, 6.07) is 15.9. The first kappa shape index (κ1) is 13.4. The van der Waals surface area contributed by atoms with E-state index in [2.05, 4.69) is 28.7 Å². The van der Waals surface area contributed by atoms with Gasteiger partial charge in [0.15, 0.2) is 0 Å². The molecule has 2 aromatic carbocycles. The lowest BCUT2D eigenvalue weighted by molar-refractivity contribution is 0.159. The number of anilines is 1. The average molecular weight is 278 g/mol. The van der Waals surface area contributed by atoms with Gasteiger partial charge in [0.1, 0.15) is 11.4 Å². The number of nitrogens with one attached hydrogen (secondary N) is 1. The first-order valence-corrected chi connectivity index (χ1v) is 6.99. The minimum Gasteiger partial charge on any atom is -0.483 e. The second-order valence-electron chi connectivity index (χ2n) is 5.57. The SMILES string of the molecule is CC1(C)C=Cc2cc(C=NNc3ccccc3)ccc2O1. The lowest BCUT2D eigenvalue weighted by atomic mass is 10.0. The zero-order valence-corrected chi connectivity index (χ0v) is 12.2. The van der Waals surface area contributed by atoms with Crippen molar-refractivity contribution in [1.29, 1.82) is 0 Å². The van der Waals surface area contributed by atoms with Crippen molar-refractivity contribution in [1.82, 2.24) is 0 Å². The van der Waals surface area contributed by atoms with Gasteiger partial charge in [-0.1, -0.05) is 24.3 Å². The molecule has 0 atom stereocenters. The van der Waals surface area contributed by atoms with E-state index >= 15 is 0 Å². The van der Waals surface area contributed by atoms with E-state index in [0.717, 1.165) is 22.6 Å². The summed E-state index contributed by atoms with van der Waals surface area (Å²) in [5.41, 5.74) is 5.85. The molecule has 0 aromatic heterocycles. The minimum atomic E-state index is -0.239. The minimum absolute atomic E-state index is 0.239. The van der Waals surface area contributed by atoms with E-state index in [1.807, 2.05) is 56.3 Å². The largest absolute Gasteiger partial charge is 0.483 e. The van der Waals surface area contributed by atoms with Crippen molar-refractivity contribution < 1.29 is 4.74 Å². The molecule has 0 unspecified atom stereocenters. The van der Waals surface area contributed by atoms with Crippen LogP contribution in [0.15, 0.2) is 59.7 Å². The molecule has 3 heteroatoms. The van der Waals surface area contributed by atoms with Crippen molar-refractivity contribution in [3.8, 4) is 5.75 Å². The molecule has 0 spiro atoms. The Labute approximate surface area is 125 Å². The summed E-state index contributed by atoms with van der Waals surface area (Å²) in [4.78, 5) is 0. The summed E-state index contributed by atoms with van der Waals surface area (Å²) in [6.07, 6.45) is 5.97. The molecule has 0 fully saturated rings. The Hall–Kier alpha value is -2.55. The van der Waals surface area contributed by atoms with Gasteiger partial charge in [0.2, 0.25) is 0 Å². The number of nitrogens with zero attached hydrogens (tertiary/aromatic N) is 1. The van der Waals surface area contributed by atoms with Crippen molar-refractivity contribution in [2.24, 2.45) is 5.10 Å². The molecular weight excluding hydrogens is 260 g/mol. The summed E-state index contributed by atoms with van der Waals surface area (Å²) in [6.45, 7) is 4.09. The lowest BCUT2D eigenvalue weighted by Gasteiger charge is -2.27. The molecule has 3 nitrogen and oxygen atoms in total. The molecule has 1 aliphatic rings. The van der Waals surface area contributed by atoms with E-state index in [0.29, 0.717) is 0 Å². The smallest absolute Gasteiger partial charge is 0.127 e. The van der Waals surface area contributed by atoms with Crippen molar-refractivity contribution in [2.45, 2.75) is 19.4 Å². The van der Waals surface area contributed by atoms with Crippen LogP contribution in [0.25, 0.3) is 6.08 Å². The first-order valence-electron chi connectivity index (χ1n) is 6.99. The van der Waals surface area contributed by atoms with Gasteiger partial charge < -0.3 is 4.74 Å². The normalized spacial score (nSPS) is 15.5. The van der Waals surface area contributed by atoms with Crippen molar-refractivity contribution in [3.63, 3.8) is 0 Å². The second-order valence-corrected chi connectivity index (χ2v) is 5.57. The maximum Gasteiger partial charge on any atom is 0.127 e. The van der Waals surface area contributed by atoms with Gasteiger partial charge in [0.05, 0.1) is 11.9 Å². The van der Waals surface area contributed by atoms with Gasteiger partial charge in [0, 0.05) is 5.56 Å². The van der Waals surface area contributed by atoms with Gasteiger partial charge >= 0.3 is 0 Å². The van der Waals surface area contributed by atoms with Gasteiger partial charge in [0.25, 0.3) is 0 Å². The molecule has 2 aromatic rings. The van der Waals surface area contributed by atoms with Gasteiger partial charge in [-0.25, -0.2) is 0 Å². The van der Waals surface area contributed by atoms with Crippen LogP contribution in [0.4, 0.5) is 5.69 Å². The number of ether oxygens (including phenoxy) is 1. The van der Waals surface area contributed by atoms with Crippen LogP contribution >= 0.6 is 0 Å². The topological polar surface area (TPSA) is 33.6 Å². The molecule has 1 heterocycles. The highest BCUT2D eigenvalue weighted by Gasteiger charge is 2.21. The summed E-state index contributed by atoms with van der Waals surface area (Å²) in [5, 5.41) is 4.25. The maximum absolute atomic E-state index is 5.90. The van der Waals surface area contributed by atoms with Crippen molar-refractivity contribution in [3.05, 3.63) is 65.7 Å². The molecule has 3 rings (SSSR count). The Bertz CT molecular complexity index is 688. The number of fused-ring (bicyclic) bond motifs is 1. The van der Waals surface area contributed by atoms with E-state index in [1.54, 1.807) is 6.21 Å². The fraction of sp³-hybridized carbons (Fsp3) is 0.167. The third-order valence-electron chi connectivity index (χ3n) is 3.25. The molecule has 1 aliphatic heterocycles. The Morgan fingerprint density at radius 2 is 1.90 bits per heavy atom. The van der Waals surface area contributed by atoms with Crippen LogP contribution in [0, 0.1) is 0 Å². The van der Waals surface area contributed by atoms with E-state index in [9.17, 15) is 0 Å².